The summed E-state index contributed by atoms with van der Waals surface area (Å²) in [4.78, 5) is 39.8. The maximum Gasteiger partial charge on any atom is 0.247 e. The Hall–Kier alpha value is -5.13. The maximum atomic E-state index is 13.9. The SMILES string of the molecule is COc1cc(NC(=O)C(Nc2ccc3c(cc2=O)C(NC(C)=O)CCc2cc(OC)c(OC)c(OC)c2-3)C(C)C)cc(OC)c1OC. The number of benzene rings is 2. The van der Waals surface area contributed by atoms with Crippen LogP contribution in [0.4, 0.5) is 11.4 Å². The fourth-order valence-corrected chi connectivity index (χ4v) is 5.90. The highest BCUT2D eigenvalue weighted by Crippen LogP contribution is 2.50. The Labute approximate surface area is 274 Å². The van der Waals surface area contributed by atoms with E-state index in [1.165, 1.54) is 41.4 Å². The van der Waals surface area contributed by atoms with Crippen molar-refractivity contribution in [1.29, 1.82) is 0 Å². The largest absolute Gasteiger partial charge is 0.493 e. The Balaban J connectivity index is 1.82. The van der Waals surface area contributed by atoms with Crippen LogP contribution >= 0.6 is 0 Å². The van der Waals surface area contributed by atoms with E-state index in [0.29, 0.717) is 64.2 Å². The molecule has 4 rings (SSSR count). The number of hydrogen-bond donors (Lipinski definition) is 3. The molecule has 12 heteroatoms. The van der Waals surface area contributed by atoms with Gasteiger partial charge in [-0.25, -0.2) is 0 Å². The van der Waals surface area contributed by atoms with Gasteiger partial charge in [0.15, 0.2) is 23.0 Å². The lowest BCUT2D eigenvalue weighted by molar-refractivity contribution is -0.120. The highest BCUT2D eigenvalue weighted by molar-refractivity contribution is 5.97. The van der Waals surface area contributed by atoms with Crippen LogP contribution in [0, 0.1) is 5.92 Å². The summed E-state index contributed by atoms with van der Waals surface area (Å²) in [5, 5.41) is 9.09. The van der Waals surface area contributed by atoms with Gasteiger partial charge in [0, 0.05) is 30.3 Å². The molecule has 0 bridgehead atoms. The van der Waals surface area contributed by atoms with Crippen molar-refractivity contribution in [3.05, 3.63) is 57.7 Å². The Morgan fingerprint density at radius 3 is 1.91 bits per heavy atom. The Morgan fingerprint density at radius 2 is 1.38 bits per heavy atom. The van der Waals surface area contributed by atoms with Crippen molar-refractivity contribution < 1.29 is 38.0 Å². The Bertz CT molecular complexity index is 1680. The van der Waals surface area contributed by atoms with Crippen molar-refractivity contribution in [2.75, 3.05) is 53.3 Å². The lowest BCUT2D eigenvalue weighted by Crippen LogP contribution is -2.39. The van der Waals surface area contributed by atoms with Crippen LogP contribution in [0.2, 0.25) is 0 Å². The van der Waals surface area contributed by atoms with Gasteiger partial charge >= 0.3 is 0 Å². The second-order valence-electron chi connectivity index (χ2n) is 11.4. The maximum absolute atomic E-state index is 13.9. The molecule has 0 fully saturated rings. The molecule has 47 heavy (non-hydrogen) atoms. The van der Waals surface area contributed by atoms with E-state index in [1.54, 1.807) is 38.5 Å². The number of aryl methyl sites for hydroxylation is 1. The van der Waals surface area contributed by atoms with Gasteiger partial charge < -0.3 is 44.4 Å². The predicted molar refractivity (Wildman–Crippen MR) is 180 cm³/mol. The van der Waals surface area contributed by atoms with E-state index in [9.17, 15) is 14.4 Å². The molecule has 3 aromatic carbocycles. The number of fused-ring (bicyclic) bond motifs is 3. The first-order chi connectivity index (χ1) is 22.5. The van der Waals surface area contributed by atoms with Gasteiger partial charge in [0.05, 0.1) is 54.4 Å². The average Bonchev–Trinajstić information content (AvgIpc) is 3.29. The molecule has 252 valence electrons. The summed E-state index contributed by atoms with van der Waals surface area (Å²) in [5.41, 5.74) is 3.22. The molecule has 0 heterocycles. The highest BCUT2D eigenvalue weighted by Gasteiger charge is 2.30. The standard InChI is InChI=1S/C35H43N3O9/c1-18(2)31(35(41)37-21-15-28(43-5)32(45-7)29(16-21)44-6)38-25-13-11-22-23(17-26(25)40)24(36-19(3)39)12-10-20-14-27(42-4)33(46-8)34(47-9)30(20)22/h11,13-18,24,31H,10,12H2,1-9H3,(H,36,39)(H,37,41)(H,38,40). The Morgan fingerprint density at radius 1 is 0.787 bits per heavy atom. The van der Waals surface area contributed by atoms with Crippen molar-refractivity contribution in [3.8, 4) is 45.6 Å². The minimum atomic E-state index is -0.804. The van der Waals surface area contributed by atoms with Crippen molar-refractivity contribution in [3.63, 3.8) is 0 Å². The minimum absolute atomic E-state index is 0.208. The molecule has 2 unspecified atom stereocenters. The third kappa shape index (κ3) is 7.16. The number of nitrogens with one attached hydrogen (secondary N) is 3. The summed E-state index contributed by atoms with van der Waals surface area (Å²) in [6, 6.07) is 8.86. The summed E-state index contributed by atoms with van der Waals surface area (Å²) < 4.78 is 33.4. The third-order valence-electron chi connectivity index (χ3n) is 8.11. The number of amides is 2. The monoisotopic (exact) mass is 649 g/mol. The molecule has 2 atom stereocenters. The van der Waals surface area contributed by atoms with Crippen molar-refractivity contribution in [2.24, 2.45) is 5.92 Å². The zero-order valence-corrected chi connectivity index (χ0v) is 28.3. The van der Waals surface area contributed by atoms with Gasteiger partial charge in [-0.05, 0) is 53.6 Å². The molecule has 0 aromatic heterocycles. The fraction of sp³-hybridized carbons (Fsp3) is 0.400. The summed E-state index contributed by atoms with van der Waals surface area (Å²) in [6.07, 6.45) is 1.10. The molecular formula is C35H43N3O9. The molecule has 1 aliphatic rings. The summed E-state index contributed by atoms with van der Waals surface area (Å²) in [7, 11) is 9.11. The number of rotatable bonds is 12. The highest BCUT2D eigenvalue weighted by atomic mass is 16.5. The van der Waals surface area contributed by atoms with E-state index in [2.05, 4.69) is 16.0 Å². The molecule has 0 radical (unpaired) electrons. The number of methoxy groups -OCH3 is 6. The normalized spacial score (nSPS) is 14.0. The van der Waals surface area contributed by atoms with Crippen LogP contribution in [-0.2, 0) is 16.0 Å². The predicted octanol–water partition coefficient (Wildman–Crippen LogP) is 4.96. The van der Waals surface area contributed by atoms with Crippen LogP contribution < -0.4 is 49.8 Å². The smallest absolute Gasteiger partial charge is 0.247 e. The van der Waals surface area contributed by atoms with E-state index >= 15 is 0 Å². The van der Waals surface area contributed by atoms with Crippen molar-refractivity contribution >= 4 is 23.2 Å². The number of carbonyl (C=O) groups is 2. The molecule has 12 nitrogen and oxygen atoms in total. The number of anilines is 2. The summed E-state index contributed by atoms with van der Waals surface area (Å²) in [6.45, 7) is 5.20. The Kier molecular flexibility index (Phi) is 11.1. The minimum Gasteiger partial charge on any atom is -0.493 e. The summed E-state index contributed by atoms with van der Waals surface area (Å²) >= 11 is 0. The number of ether oxygens (including phenoxy) is 6. The van der Waals surface area contributed by atoms with E-state index in [1.807, 2.05) is 19.9 Å². The quantitative estimate of drug-likeness (QED) is 0.246. The molecule has 2 amide bonds. The van der Waals surface area contributed by atoms with Gasteiger partial charge in [-0.3, -0.25) is 14.4 Å². The van der Waals surface area contributed by atoms with Gasteiger partial charge in [-0.2, -0.15) is 0 Å². The van der Waals surface area contributed by atoms with Crippen LogP contribution in [-0.4, -0.2) is 60.5 Å². The second kappa shape index (κ2) is 15.0. The van der Waals surface area contributed by atoms with Crippen LogP contribution in [0.15, 0.2) is 41.2 Å². The van der Waals surface area contributed by atoms with Gasteiger partial charge in [0.2, 0.25) is 28.7 Å². The topological polar surface area (TPSA) is 143 Å². The first kappa shape index (κ1) is 34.7. The van der Waals surface area contributed by atoms with Gasteiger partial charge in [0.25, 0.3) is 0 Å². The first-order valence-corrected chi connectivity index (χ1v) is 15.2. The second-order valence-corrected chi connectivity index (χ2v) is 11.4. The average molecular weight is 650 g/mol. The van der Waals surface area contributed by atoms with Crippen molar-refractivity contribution in [2.45, 2.75) is 45.7 Å². The number of hydrogen-bond acceptors (Lipinski definition) is 10. The van der Waals surface area contributed by atoms with Crippen LogP contribution in [0.3, 0.4) is 0 Å². The zero-order chi connectivity index (χ0) is 34.4. The molecular weight excluding hydrogens is 606 g/mol. The van der Waals surface area contributed by atoms with Crippen LogP contribution in [0.1, 0.15) is 44.4 Å². The van der Waals surface area contributed by atoms with Gasteiger partial charge in [0.1, 0.15) is 6.04 Å². The molecule has 3 N–H and O–H groups in total. The number of carbonyl (C=O) groups excluding carboxylic acids is 2. The van der Waals surface area contributed by atoms with Gasteiger partial charge in [-0.1, -0.05) is 19.9 Å². The van der Waals surface area contributed by atoms with Crippen LogP contribution in [0.5, 0.6) is 34.5 Å². The lowest BCUT2D eigenvalue weighted by Gasteiger charge is -2.23. The molecule has 0 saturated carbocycles. The van der Waals surface area contributed by atoms with Crippen molar-refractivity contribution in [1.82, 2.24) is 5.32 Å². The molecule has 1 aliphatic carbocycles. The van der Waals surface area contributed by atoms with E-state index in [-0.39, 0.29) is 28.8 Å². The zero-order valence-electron chi connectivity index (χ0n) is 28.3. The third-order valence-corrected chi connectivity index (χ3v) is 8.11. The van der Waals surface area contributed by atoms with Crippen LogP contribution in [0.25, 0.3) is 11.1 Å². The van der Waals surface area contributed by atoms with E-state index in [0.717, 1.165) is 11.1 Å². The molecule has 0 aliphatic heterocycles. The molecule has 0 saturated heterocycles. The first-order valence-electron chi connectivity index (χ1n) is 15.2. The summed E-state index contributed by atoms with van der Waals surface area (Å²) in [5.74, 6) is 1.71. The van der Waals surface area contributed by atoms with E-state index in [4.69, 9.17) is 28.4 Å². The van der Waals surface area contributed by atoms with E-state index < -0.39 is 12.1 Å². The van der Waals surface area contributed by atoms with Gasteiger partial charge in [-0.15, -0.1) is 0 Å². The molecule has 3 aromatic rings. The lowest BCUT2D eigenvalue weighted by atomic mass is 9.95. The fourth-order valence-electron chi connectivity index (χ4n) is 5.90. The molecule has 0 spiro atoms.